The molecule has 2 aliphatic rings. The fraction of sp³-hybridized carbons (Fsp3) is 0.440. The summed E-state index contributed by atoms with van der Waals surface area (Å²) >= 11 is 0. The molecule has 0 unspecified atom stereocenters. The van der Waals surface area contributed by atoms with Crippen molar-refractivity contribution in [3.8, 4) is 17.8 Å². The van der Waals surface area contributed by atoms with Crippen molar-refractivity contribution in [1.82, 2.24) is 24.8 Å². The maximum absolute atomic E-state index is 12.4. The third-order valence-electron chi connectivity index (χ3n) is 6.99. The lowest BCUT2D eigenvalue weighted by molar-refractivity contribution is -0.389. The number of nitrogens with one attached hydrogen (secondary N) is 1. The molecule has 14 heteroatoms. The highest BCUT2D eigenvalue weighted by Crippen LogP contribution is 2.40. The van der Waals surface area contributed by atoms with Crippen LogP contribution in [-0.2, 0) is 13.1 Å². The average Bonchev–Trinajstić information content (AvgIpc) is 3.36. The zero-order chi connectivity index (χ0) is 27.6. The number of benzene rings is 1. The van der Waals surface area contributed by atoms with Gasteiger partial charge in [0.05, 0.1) is 6.04 Å². The van der Waals surface area contributed by atoms with Crippen molar-refractivity contribution in [2.24, 2.45) is 0 Å². The van der Waals surface area contributed by atoms with Crippen molar-refractivity contribution >= 4 is 5.82 Å². The van der Waals surface area contributed by atoms with Gasteiger partial charge in [0, 0.05) is 35.8 Å². The number of alkyl halides is 3. The van der Waals surface area contributed by atoms with Crippen LogP contribution >= 0.6 is 0 Å². The van der Waals surface area contributed by atoms with Gasteiger partial charge in [-0.3, -0.25) is 4.57 Å². The number of aromatic nitrogens is 4. The quantitative estimate of drug-likeness (QED) is 0.340. The van der Waals surface area contributed by atoms with E-state index in [1.807, 2.05) is 0 Å². The van der Waals surface area contributed by atoms with Crippen molar-refractivity contribution in [3.05, 3.63) is 69.4 Å². The zero-order valence-electron chi connectivity index (χ0n) is 20.6. The van der Waals surface area contributed by atoms with Crippen molar-refractivity contribution in [1.29, 1.82) is 5.26 Å². The van der Waals surface area contributed by atoms with Crippen LogP contribution in [0.1, 0.15) is 60.2 Å². The van der Waals surface area contributed by atoms with Crippen molar-refractivity contribution < 1.29 is 27.6 Å². The number of imidazole rings is 1. The Hall–Kier alpha value is -4.25. The molecule has 0 spiro atoms. The minimum absolute atomic E-state index is 0.0883. The second-order valence-corrected chi connectivity index (χ2v) is 9.56. The molecule has 204 valence electrons. The monoisotopic (exact) mass is 543 g/mol. The summed E-state index contributed by atoms with van der Waals surface area (Å²) in [4.78, 5) is 23.2. The molecule has 5 rings (SSSR count). The van der Waals surface area contributed by atoms with E-state index in [2.05, 4.69) is 31.1 Å². The molecule has 1 atom stereocenters. The minimum Gasteiger partial charge on any atom is -0.444 e. The smallest absolute Gasteiger partial charge is 0.444 e. The van der Waals surface area contributed by atoms with E-state index in [1.165, 1.54) is 18.3 Å². The molecule has 1 aromatic carbocycles. The molecular formula is C25H24F3N7O4. The van der Waals surface area contributed by atoms with Crippen LogP contribution in [0.25, 0.3) is 0 Å². The maximum atomic E-state index is 12.4. The third kappa shape index (κ3) is 6.26. The van der Waals surface area contributed by atoms with E-state index in [1.54, 1.807) is 22.9 Å². The van der Waals surface area contributed by atoms with Crippen LogP contribution in [0, 0.1) is 21.4 Å². The molecule has 0 amide bonds. The highest BCUT2D eigenvalue weighted by atomic mass is 19.4. The van der Waals surface area contributed by atoms with Crippen LogP contribution in [0.5, 0.6) is 11.8 Å². The lowest BCUT2D eigenvalue weighted by atomic mass is 9.78. The number of rotatable bonds is 7. The van der Waals surface area contributed by atoms with Crippen LogP contribution in [-0.4, -0.2) is 43.5 Å². The summed E-state index contributed by atoms with van der Waals surface area (Å²) in [5, 5.41) is 23.9. The van der Waals surface area contributed by atoms with Crippen LogP contribution in [0.4, 0.5) is 19.0 Å². The van der Waals surface area contributed by atoms with Crippen molar-refractivity contribution in [3.63, 3.8) is 0 Å². The second kappa shape index (κ2) is 10.9. The Morgan fingerprint density at radius 2 is 1.90 bits per heavy atom. The Kier molecular flexibility index (Phi) is 7.34. The van der Waals surface area contributed by atoms with Gasteiger partial charge in [-0.25, -0.2) is 9.97 Å². The first kappa shape index (κ1) is 26.4. The number of hydrogen-bond donors (Lipinski definition) is 1. The minimum atomic E-state index is -4.71. The topological polar surface area (TPSA) is 141 Å². The molecule has 0 radical (unpaired) electrons. The van der Waals surface area contributed by atoms with Gasteiger partial charge in [-0.05, 0) is 54.2 Å². The molecule has 11 nitrogen and oxygen atoms in total. The summed E-state index contributed by atoms with van der Waals surface area (Å²) in [6.45, 7) is 1.03. The molecule has 3 heterocycles. The number of hydrogen-bond acceptors (Lipinski definition) is 9. The Balaban J connectivity index is 1.16. The predicted octanol–water partition coefficient (Wildman–Crippen LogP) is 4.34. The fourth-order valence-electron chi connectivity index (χ4n) is 5.03. The third-order valence-corrected chi connectivity index (χ3v) is 6.99. The van der Waals surface area contributed by atoms with Gasteiger partial charge in [0.1, 0.15) is 36.1 Å². The molecule has 0 bridgehead atoms. The summed E-state index contributed by atoms with van der Waals surface area (Å²) in [6.07, 6.45) is 1.51. The lowest BCUT2D eigenvalue weighted by Gasteiger charge is -2.28. The molecule has 0 saturated heterocycles. The van der Waals surface area contributed by atoms with Gasteiger partial charge in [-0.2, -0.15) is 5.26 Å². The number of halogens is 3. The molecular weight excluding hydrogens is 519 g/mol. The first-order valence-electron chi connectivity index (χ1n) is 12.4. The summed E-state index contributed by atoms with van der Waals surface area (Å²) in [5.74, 6) is 0.405. The largest absolute Gasteiger partial charge is 0.573 e. The average molecular weight is 544 g/mol. The summed E-state index contributed by atoms with van der Waals surface area (Å²) in [7, 11) is 0. The van der Waals surface area contributed by atoms with E-state index in [-0.39, 0.29) is 47.8 Å². The molecule has 1 aliphatic heterocycles. The Morgan fingerprint density at radius 3 is 2.56 bits per heavy atom. The van der Waals surface area contributed by atoms with Gasteiger partial charge in [0.2, 0.25) is 0 Å². The molecule has 1 N–H and O–H groups in total. The van der Waals surface area contributed by atoms with Gasteiger partial charge in [-0.15, -0.1) is 13.2 Å². The van der Waals surface area contributed by atoms with Crippen LogP contribution in [0.15, 0.2) is 36.7 Å². The summed E-state index contributed by atoms with van der Waals surface area (Å²) in [6, 6.07) is 8.21. The second-order valence-electron chi connectivity index (χ2n) is 9.56. The van der Waals surface area contributed by atoms with E-state index in [4.69, 9.17) is 4.74 Å². The van der Waals surface area contributed by atoms with Crippen LogP contribution < -0.4 is 14.8 Å². The molecule has 1 fully saturated rings. The molecule has 1 aliphatic carbocycles. The van der Waals surface area contributed by atoms with Gasteiger partial charge in [0.15, 0.2) is 0 Å². The fourth-order valence-corrected chi connectivity index (χ4v) is 5.03. The molecule has 2 aromatic heterocycles. The van der Waals surface area contributed by atoms with Crippen molar-refractivity contribution in [2.45, 2.75) is 63.0 Å². The number of nitrogens with zero attached hydrogens (tertiary/aromatic N) is 6. The maximum Gasteiger partial charge on any atom is 0.573 e. The highest BCUT2D eigenvalue weighted by molar-refractivity contribution is 5.32. The zero-order valence-corrected chi connectivity index (χ0v) is 20.6. The van der Waals surface area contributed by atoms with E-state index < -0.39 is 11.3 Å². The number of fused-ring (bicyclic) bond motifs is 1. The highest BCUT2D eigenvalue weighted by Gasteiger charge is 2.32. The molecule has 1 saturated carbocycles. The number of nitriles is 1. The number of nitro groups is 1. The van der Waals surface area contributed by atoms with Crippen molar-refractivity contribution in [2.75, 3.05) is 6.61 Å². The standard InChI is InChI=1S/C25H24F3N7O4/c26-25(27,28)39-20-7-5-16(6-8-20)15-1-3-17(4-2-15)23-31-11-18(21(9-29)32-23)10-30-19-12-34-13-22(35(36)37)33-24(34)38-14-19/h5-8,11,13,15,17,19,30H,1-4,10,12,14H2/t15?,17?,19-/m0/s1. The SMILES string of the molecule is N#Cc1nc(C2CCC(c3ccc(OC(F)(F)F)cc3)CC2)ncc1CN[C@@H]1COc2nc([N+](=O)[O-])cn2C1. The lowest BCUT2D eigenvalue weighted by Crippen LogP contribution is -2.41. The predicted molar refractivity (Wildman–Crippen MR) is 129 cm³/mol. The van der Waals surface area contributed by atoms with Gasteiger partial charge in [0.25, 0.3) is 0 Å². The van der Waals surface area contributed by atoms with E-state index in [0.29, 0.717) is 24.5 Å². The van der Waals surface area contributed by atoms with E-state index in [0.717, 1.165) is 31.2 Å². The van der Waals surface area contributed by atoms with E-state index in [9.17, 15) is 28.5 Å². The van der Waals surface area contributed by atoms with Crippen LogP contribution in [0.3, 0.4) is 0 Å². The van der Waals surface area contributed by atoms with Gasteiger partial charge in [-0.1, -0.05) is 12.1 Å². The van der Waals surface area contributed by atoms with Gasteiger partial charge < -0.3 is 24.9 Å². The van der Waals surface area contributed by atoms with Gasteiger partial charge >= 0.3 is 18.2 Å². The normalized spacial score (nSPS) is 20.9. The Labute approximate surface area is 220 Å². The summed E-state index contributed by atoms with van der Waals surface area (Å²) < 4.78 is 48.2. The van der Waals surface area contributed by atoms with Crippen LogP contribution in [0.2, 0.25) is 0 Å². The number of ether oxygens (including phenoxy) is 2. The molecule has 3 aromatic rings. The Bertz CT molecular complexity index is 1380. The summed E-state index contributed by atoms with van der Waals surface area (Å²) in [5.41, 5.74) is 1.89. The molecule has 39 heavy (non-hydrogen) atoms. The first-order valence-corrected chi connectivity index (χ1v) is 12.4. The first-order chi connectivity index (χ1) is 18.7. The van der Waals surface area contributed by atoms with E-state index >= 15 is 0 Å². The Morgan fingerprint density at radius 1 is 1.18 bits per heavy atom.